The second-order valence-corrected chi connectivity index (χ2v) is 6.51. The van der Waals surface area contributed by atoms with Crippen molar-refractivity contribution in [3.05, 3.63) is 82.0 Å². The second kappa shape index (κ2) is 7.95. The average molecular weight is 385 g/mol. The highest BCUT2D eigenvalue weighted by atomic mass is 35.5. The number of carbonyl (C=O) groups is 2. The molecule has 26 heavy (non-hydrogen) atoms. The number of carboxylic acids is 1. The minimum Gasteiger partial charge on any atom is -0.477 e. The molecule has 5 nitrogen and oxygen atoms in total. The maximum Gasteiger partial charge on any atom is 0.352 e. The number of nitrogens with one attached hydrogen (secondary N) is 1. The molecule has 0 atom stereocenters. The number of thiazole rings is 1. The number of halogens is 1. The Hall–Kier alpha value is -2.96. The molecule has 1 amide bonds. The van der Waals surface area contributed by atoms with Crippen molar-refractivity contribution in [2.75, 3.05) is 0 Å². The lowest BCUT2D eigenvalue weighted by molar-refractivity contribution is -0.132. The van der Waals surface area contributed by atoms with E-state index in [2.05, 4.69) is 10.3 Å². The van der Waals surface area contributed by atoms with Gasteiger partial charge in [0.2, 0.25) is 0 Å². The van der Waals surface area contributed by atoms with Crippen LogP contribution in [0.5, 0.6) is 0 Å². The summed E-state index contributed by atoms with van der Waals surface area (Å²) >= 11 is 7.50. The molecule has 0 bridgehead atoms. The molecule has 2 aromatic carbocycles. The number of aromatic nitrogens is 1. The van der Waals surface area contributed by atoms with Crippen molar-refractivity contribution in [3.8, 4) is 10.6 Å². The lowest BCUT2D eigenvalue weighted by Crippen LogP contribution is -2.27. The Balaban J connectivity index is 1.85. The number of nitrogens with zero attached hydrogens (tertiary/aromatic N) is 1. The van der Waals surface area contributed by atoms with Crippen LogP contribution in [0.3, 0.4) is 0 Å². The van der Waals surface area contributed by atoms with Crippen LogP contribution < -0.4 is 5.32 Å². The average Bonchev–Trinajstić information content (AvgIpc) is 3.10. The molecule has 3 rings (SSSR count). The van der Waals surface area contributed by atoms with Gasteiger partial charge in [-0.2, -0.15) is 0 Å². The van der Waals surface area contributed by atoms with E-state index in [4.69, 9.17) is 11.6 Å². The molecule has 7 heteroatoms. The first kappa shape index (κ1) is 17.8. The van der Waals surface area contributed by atoms with Crippen LogP contribution in [0.15, 0.2) is 65.7 Å². The van der Waals surface area contributed by atoms with Crippen LogP contribution in [0.4, 0.5) is 0 Å². The molecular weight excluding hydrogens is 372 g/mol. The molecule has 0 fully saturated rings. The third-order valence-electron chi connectivity index (χ3n) is 3.43. The summed E-state index contributed by atoms with van der Waals surface area (Å²) in [6.07, 6.45) is 1.32. The predicted molar refractivity (Wildman–Crippen MR) is 102 cm³/mol. The molecule has 1 aromatic heterocycles. The van der Waals surface area contributed by atoms with Gasteiger partial charge in [-0.3, -0.25) is 4.79 Å². The van der Waals surface area contributed by atoms with E-state index in [0.717, 1.165) is 5.56 Å². The van der Waals surface area contributed by atoms with Gasteiger partial charge in [-0.1, -0.05) is 48.0 Å². The van der Waals surface area contributed by atoms with Crippen LogP contribution in [-0.2, 0) is 4.79 Å². The summed E-state index contributed by atoms with van der Waals surface area (Å²) in [5, 5.41) is 14.7. The fraction of sp³-hybridized carbons (Fsp3) is 0. The number of hydrogen-bond acceptors (Lipinski definition) is 4. The van der Waals surface area contributed by atoms with E-state index < -0.39 is 11.9 Å². The zero-order chi connectivity index (χ0) is 18.5. The zero-order valence-corrected chi connectivity index (χ0v) is 14.9. The lowest BCUT2D eigenvalue weighted by Gasteiger charge is -2.05. The standard InChI is InChI=1S/C19H13ClN2O3S/c20-15-9-5-4-8-14(15)18-21-13(11-26-18)10-16(19(24)25)22-17(23)12-6-2-1-3-7-12/h1-11H,(H,22,23)(H,24,25)/b16-10-. The number of amides is 1. The second-order valence-electron chi connectivity index (χ2n) is 5.24. The molecule has 0 spiro atoms. The first-order chi connectivity index (χ1) is 12.5. The fourth-order valence-corrected chi connectivity index (χ4v) is 3.29. The van der Waals surface area contributed by atoms with Gasteiger partial charge >= 0.3 is 5.97 Å². The third-order valence-corrected chi connectivity index (χ3v) is 4.66. The summed E-state index contributed by atoms with van der Waals surface area (Å²) in [5.41, 5.74) is 1.31. The van der Waals surface area contributed by atoms with Gasteiger partial charge in [0.25, 0.3) is 5.91 Å². The Kier molecular flexibility index (Phi) is 5.46. The molecular formula is C19H13ClN2O3S. The van der Waals surface area contributed by atoms with E-state index in [-0.39, 0.29) is 5.70 Å². The maximum atomic E-state index is 12.2. The van der Waals surface area contributed by atoms with Crippen molar-refractivity contribution in [2.45, 2.75) is 0 Å². The van der Waals surface area contributed by atoms with Crippen LogP contribution in [0, 0.1) is 0 Å². The molecule has 0 radical (unpaired) electrons. The highest BCUT2D eigenvalue weighted by Crippen LogP contribution is 2.30. The lowest BCUT2D eigenvalue weighted by atomic mass is 10.2. The normalized spacial score (nSPS) is 11.2. The summed E-state index contributed by atoms with van der Waals surface area (Å²) in [7, 11) is 0. The largest absolute Gasteiger partial charge is 0.477 e. The van der Waals surface area contributed by atoms with E-state index in [0.29, 0.717) is 21.3 Å². The zero-order valence-electron chi connectivity index (χ0n) is 13.3. The van der Waals surface area contributed by atoms with Crippen LogP contribution in [0.1, 0.15) is 16.1 Å². The van der Waals surface area contributed by atoms with Crippen molar-refractivity contribution in [1.29, 1.82) is 0 Å². The fourth-order valence-electron chi connectivity index (χ4n) is 2.19. The molecule has 0 aliphatic rings. The first-order valence-corrected chi connectivity index (χ1v) is 8.82. The van der Waals surface area contributed by atoms with E-state index in [1.165, 1.54) is 17.4 Å². The van der Waals surface area contributed by atoms with Crippen LogP contribution in [0.25, 0.3) is 16.6 Å². The highest BCUT2D eigenvalue weighted by Gasteiger charge is 2.14. The number of rotatable bonds is 5. The van der Waals surface area contributed by atoms with Gasteiger partial charge in [-0.05, 0) is 24.3 Å². The van der Waals surface area contributed by atoms with Crippen molar-refractivity contribution < 1.29 is 14.7 Å². The first-order valence-electron chi connectivity index (χ1n) is 7.56. The summed E-state index contributed by atoms with van der Waals surface area (Å²) in [6, 6.07) is 15.7. The Morgan fingerprint density at radius 1 is 1.08 bits per heavy atom. The van der Waals surface area contributed by atoms with Gasteiger partial charge in [0, 0.05) is 16.5 Å². The van der Waals surface area contributed by atoms with Crippen LogP contribution in [-0.4, -0.2) is 22.0 Å². The summed E-state index contributed by atoms with van der Waals surface area (Å²) in [6.45, 7) is 0. The Morgan fingerprint density at radius 2 is 1.77 bits per heavy atom. The molecule has 0 unspecified atom stereocenters. The summed E-state index contributed by atoms with van der Waals surface area (Å²) in [5.74, 6) is -1.75. The van der Waals surface area contributed by atoms with Gasteiger partial charge in [0.15, 0.2) is 0 Å². The van der Waals surface area contributed by atoms with Gasteiger partial charge < -0.3 is 10.4 Å². The molecule has 3 aromatic rings. The van der Waals surface area contributed by atoms with Crippen molar-refractivity contribution in [2.24, 2.45) is 0 Å². The monoisotopic (exact) mass is 384 g/mol. The molecule has 130 valence electrons. The van der Waals surface area contributed by atoms with E-state index in [9.17, 15) is 14.7 Å². The van der Waals surface area contributed by atoms with E-state index >= 15 is 0 Å². The number of carbonyl (C=O) groups excluding carboxylic acids is 1. The molecule has 0 aliphatic carbocycles. The minimum atomic E-state index is -1.25. The summed E-state index contributed by atoms with van der Waals surface area (Å²) in [4.78, 5) is 28.0. The number of benzene rings is 2. The number of aliphatic carboxylic acids is 1. The minimum absolute atomic E-state index is 0.255. The maximum absolute atomic E-state index is 12.2. The summed E-state index contributed by atoms with van der Waals surface area (Å²) < 4.78 is 0. The van der Waals surface area contributed by atoms with Crippen molar-refractivity contribution >= 4 is 40.9 Å². The van der Waals surface area contributed by atoms with E-state index in [1.54, 1.807) is 41.8 Å². The quantitative estimate of drug-likeness (QED) is 0.642. The predicted octanol–water partition coefficient (Wildman–Crippen LogP) is 4.32. The van der Waals surface area contributed by atoms with Gasteiger partial charge in [-0.25, -0.2) is 9.78 Å². The number of carboxylic acid groups (broad SMARTS) is 1. The highest BCUT2D eigenvalue weighted by molar-refractivity contribution is 7.13. The van der Waals surface area contributed by atoms with Gasteiger partial charge in [0.05, 0.1) is 10.7 Å². The smallest absolute Gasteiger partial charge is 0.352 e. The molecule has 0 aliphatic heterocycles. The third kappa shape index (κ3) is 4.17. The van der Waals surface area contributed by atoms with Gasteiger partial charge in [-0.15, -0.1) is 11.3 Å². The topological polar surface area (TPSA) is 79.3 Å². The van der Waals surface area contributed by atoms with Crippen molar-refractivity contribution in [1.82, 2.24) is 10.3 Å². The molecule has 2 N–H and O–H groups in total. The molecule has 0 saturated heterocycles. The number of hydrogen-bond donors (Lipinski definition) is 2. The Morgan fingerprint density at radius 3 is 2.46 bits per heavy atom. The van der Waals surface area contributed by atoms with Crippen molar-refractivity contribution in [3.63, 3.8) is 0 Å². The molecule has 1 heterocycles. The molecule has 0 saturated carbocycles. The SMILES string of the molecule is O=C(O)/C(=C/c1csc(-c2ccccc2Cl)n1)NC(=O)c1ccccc1. The Labute approximate surface area is 158 Å². The Bertz CT molecular complexity index is 983. The van der Waals surface area contributed by atoms with Crippen LogP contribution >= 0.6 is 22.9 Å². The van der Waals surface area contributed by atoms with Crippen LogP contribution in [0.2, 0.25) is 5.02 Å². The van der Waals surface area contributed by atoms with E-state index in [1.807, 2.05) is 18.2 Å². The van der Waals surface area contributed by atoms with Gasteiger partial charge in [0.1, 0.15) is 10.7 Å².